The Morgan fingerprint density at radius 1 is 1.38 bits per heavy atom. The third kappa shape index (κ3) is 4.82. The number of nitrogens with zero attached hydrogens (tertiary/aromatic N) is 4. The highest BCUT2D eigenvalue weighted by atomic mass is 35.5. The Kier molecular flexibility index (Phi) is 5.93. The van der Waals surface area contributed by atoms with Crippen LogP contribution in [-0.2, 0) is 16.3 Å². The predicted molar refractivity (Wildman–Crippen MR) is 104 cm³/mol. The third-order valence-corrected chi connectivity index (χ3v) is 6.40. The van der Waals surface area contributed by atoms with Crippen molar-refractivity contribution in [3.8, 4) is 0 Å². The number of anilines is 2. The van der Waals surface area contributed by atoms with Crippen LogP contribution >= 0.6 is 11.6 Å². The molecule has 1 aliphatic heterocycles. The summed E-state index contributed by atoms with van der Waals surface area (Å²) >= 11 is 5.99. The second kappa shape index (κ2) is 8.18. The van der Waals surface area contributed by atoms with Crippen LogP contribution in [0.3, 0.4) is 0 Å². The molecule has 7 nitrogen and oxygen atoms in total. The van der Waals surface area contributed by atoms with Crippen LogP contribution in [0, 0.1) is 0 Å². The van der Waals surface area contributed by atoms with Crippen LogP contribution in [0.2, 0.25) is 5.02 Å². The summed E-state index contributed by atoms with van der Waals surface area (Å²) in [5.41, 5.74) is 1.13. The Balaban J connectivity index is 1.63. The van der Waals surface area contributed by atoms with Crippen molar-refractivity contribution in [2.24, 2.45) is 0 Å². The first kappa shape index (κ1) is 18.8. The van der Waals surface area contributed by atoms with Gasteiger partial charge < -0.3 is 10.2 Å². The van der Waals surface area contributed by atoms with E-state index in [0.717, 1.165) is 12.0 Å². The molecule has 1 aromatic heterocycles. The molecular weight excluding hydrogens is 374 g/mol. The number of sulfone groups is 1. The van der Waals surface area contributed by atoms with E-state index in [9.17, 15) is 8.42 Å². The minimum absolute atomic E-state index is 0.0546. The summed E-state index contributed by atoms with van der Waals surface area (Å²) in [5.74, 6) is 1.48. The Morgan fingerprint density at radius 2 is 2.23 bits per heavy atom. The second-order valence-electron chi connectivity index (χ2n) is 6.29. The zero-order valence-electron chi connectivity index (χ0n) is 14.6. The SMILES string of the molecule is CCN(c1cnnc(NCCc2cccc(Cl)c2)n1)C1CCS(=O)(=O)C1. The first-order valence-electron chi connectivity index (χ1n) is 8.62. The van der Waals surface area contributed by atoms with Gasteiger partial charge in [-0.25, -0.2) is 8.42 Å². The molecule has 0 bridgehead atoms. The van der Waals surface area contributed by atoms with Crippen molar-refractivity contribution in [1.29, 1.82) is 0 Å². The lowest BCUT2D eigenvalue weighted by atomic mass is 10.1. The van der Waals surface area contributed by atoms with Crippen molar-refractivity contribution < 1.29 is 8.42 Å². The molecule has 2 aromatic rings. The standard InChI is InChI=1S/C17H22ClN5O2S/c1-2-23(15-7-9-26(24,25)12-15)16-11-20-22-17(21-16)19-8-6-13-4-3-5-14(18)10-13/h3-5,10-11,15H,2,6-9,12H2,1H3,(H,19,21,22). The van der Waals surface area contributed by atoms with Crippen molar-refractivity contribution >= 4 is 33.2 Å². The zero-order valence-corrected chi connectivity index (χ0v) is 16.2. The summed E-state index contributed by atoms with van der Waals surface area (Å²) in [6, 6.07) is 7.66. The molecule has 2 heterocycles. The number of hydrogen-bond donors (Lipinski definition) is 1. The fourth-order valence-corrected chi connectivity index (χ4v) is 5.09. The third-order valence-electron chi connectivity index (χ3n) is 4.42. The van der Waals surface area contributed by atoms with E-state index >= 15 is 0 Å². The lowest BCUT2D eigenvalue weighted by molar-refractivity contribution is 0.599. The molecule has 1 aromatic carbocycles. The molecule has 9 heteroatoms. The van der Waals surface area contributed by atoms with Crippen LogP contribution in [0.4, 0.5) is 11.8 Å². The molecular formula is C17H22ClN5O2S. The first-order chi connectivity index (χ1) is 12.5. The second-order valence-corrected chi connectivity index (χ2v) is 8.95. The predicted octanol–water partition coefficient (Wildman–Crippen LogP) is 2.19. The highest BCUT2D eigenvalue weighted by Gasteiger charge is 2.32. The minimum atomic E-state index is -2.95. The van der Waals surface area contributed by atoms with E-state index in [1.807, 2.05) is 36.1 Å². The van der Waals surface area contributed by atoms with E-state index in [1.54, 1.807) is 6.20 Å². The van der Waals surface area contributed by atoms with E-state index in [0.29, 0.717) is 36.3 Å². The maximum absolute atomic E-state index is 11.8. The van der Waals surface area contributed by atoms with Gasteiger partial charge in [-0.05, 0) is 37.5 Å². The monoisotopic (exact) mass is 395 g/mol. The summed E-state index contributed by atoms with van der Waals surface area (Å²) in [7, 11) is -2.95. The molecule has 1 unspecified atom stereocenters. The fraction of sp³-hybridized carbons (Fsp3) is 0.471. The van der Waals surface area contributed by atoms with Crippen molar-refractivity contribution in [2.45, 2.75) is 25.8 Å². The zero-order chi connectivity index (χ0) is 18.6. The van der Waals surface area contributed by atoms with Crippen LogP contribution in [-0.4, -0.2) is 54.2 Å². The van der Waals surface area contributed by atoms with Gasteiger partial charge in [-0.15, -0.1) is 5.10 Å². The average Bonchev–Trinajstić information content (AvgIpc) is 2.96. The van der Waals surface area contributed by atoms with Crippen molar-refractivity contribution in [1.82, 2.24) is 15.2 Å². The van der Waals surface area contributed by atoms with E-state index in [1.165, 1.54) is 0 Å². The fourth-order valence-electron chi connectivity index (χ4n) is 3.15. The molecule has 0 spiro atoms. The first-order valence-corrected chi connectivity index (χ1v) is 10.8. The topological polar surface area (TPSA) is 88.1 Å². The van der Waals surface area contributed by atoms with Gasteiger partial charge in [0.05, 0.1) is 17.7 Å². The largest absolute Gasteiger partial charge is 0.353 e. The van der Waals surface area contributed by atoms with Crippen LogP contribution < -0.4 is 10.2 Å². The van der Waals surface area contributed by atoms with Gasteiger partial charge in [0.2, 0.25) is 5.95 Å². The molecule has 1 N–H and O–H groups in total. The molecule has 0 saturated carbocycles. The van der Waals surface area contributed by atoms with Gasteiger partial charge >= 0.3 is 0 Å². The molecule has 140 valence electrons. The van der Waals surface area contributed by atoms with Crippen molar-refractivity contribution in [2.75, 3.05) is 34.8 Å². The maximum Gasteiger partial charge on any atom is 0.244 e. The molecule has 3 rings (SSSR count). The Morgan fingerprint density at radius 3 is 2.92 bits per heavy atom. The number of aromatic nitrogens is 3. The number of halogens is 1. The highest BCUT2D eigenvalue weighted by molar-refractivity contribution is 7.91. The van der Waals surface area contributed by atoms with Crippen LogP contribution in [0.25, 0.3) is 0 Å². The van der Waals surface area contributed by atoms with Gasteiger partial charge in [-0.3, -0.25) is 0 Å². The maximum atomic E-state index is 11.8. The van der Waals surface area contributed by atoms with Gasteiger partial charge in [-0.2, -0.15) is 10.1 Å². The molecule has 0 aliphatic carbocycles. The quantitative estimate of drug-likeness (QED) is 0.768. The summed E-state index contributed by atoms with van der Waals surface area (Å²) in [5, 5.41) is 11.9. The van der Waals surface area contributed by atoms with E-state index in [2.05, 4.69) is 20.5 Å². The Labute approximate surface area is 158 Å². The van der Waals surface area contributed by atoms with Crippen LogP contribution in [0.15, 0.2) is 30.5 Å². The van der Waals surface area contributed by atoms with Crippen molar-refractivity contribution in [3.63, 3.8) is 0 Å². The molecule has 26 heavy (non-hydrogen) atoms. The Bertz CT molecular complexity index is 862. The van der Waals surface area contributed by atoms with Gasteiger partial charge in [0, 0.05) is 24.2 Å². The normalized spacial score (nSPS) is 18.6. The molecule has 1 saturated heterocycles. The molecule has 1 aliphatic rings. The molecule has 1 fully saturated rings. The van der Waals surface area contributed by atoms with E-state index in [-0.39, 0.29) is 17.5 Å². The summed E-state index contributed by atoms with van der Waals surface area (Å²) in [4.78, 5) is 6.49. The van der Waals surface area contributed by atoms with Gasteiger partial charge in [-0.1, -0.05) is 23.7 Å². The highest BCUT2D eigenvalue weighted by Crippen LogP contribution is 2.22. The van der Waals surface area contributed by atoms with Crippen molar-refractivity contribution in [3.05, 3.63) is 41.0 Å². The number of rotatable bonds is 7. The number of benzene rings is 1. The molecule has 0 amide bonds. The Hall–Kier alpha value is -1.93. The summed E-state index contributed by atoms with van der Waals surface area (Å²) in [6.45, 7) is 3.30. The smallest absolute Gasteiger partial charge is 0.244 e. The summed E-state index contributed by atoms with van der Waals surface area (Å²) in [6.07, 6.45) is 2.99. The van der Waals surface area contributed by atoms with Gasteiger partial charge in [0.15, 0.2) is 15.7 Å². The molecule has 0 radical (unpaired) electrons. The number of nitrogens with one attached hydrogen (secondary N) is 1. The van der Waals surface area contributed by atoms with E-state index < -0.39 is 9.84 Å². The lowest BCUT2D eigenvalue weighted by Crippen LogP contribution is -2.37. The minimum Gasteiger partial charge on any atom is -0.353 e. The van der Waals surface area contributed by atoms with E-state index in [4.69, 9.17) is 11.6 Å². The van der Waals surface area contributed by atoms with Crippen LogP contribution in [0.1, 0.15) is 18.9 Å². The van der Waals surface area contributed by atoms with Gasteiger partial charge in [0.25, 0.3) is 0 Å². The number of hydrogen-bond acceptors (Lipinski definition) is 7. The summed E-state index contributed by atoms with van der Waals surface area (Å²) < 4.78 is 23.5. The van der Waals surface area contributed by atoms with Crippen LogP contribution in [0.5, 0.6) is 0 Å². The average molecular weight is 396 g/mol. The lowest BCUT2D eigenvalue weighted by Gasteiger charge is -2.27. The van der Waals surface area contributed by atoms with Gasteiger partial charge in [0.1, 0.15) is 0 Å². The molecule has 1 atom stereocenters.